The fourth-order valence-electron chi connectivity index (χ4n) is 2.19. The predicted octanol–water partition coefficient (Wildman–Crippen LogP) is 3.14. The van der Waals surface area contributed by atoms with E-state index in [2.05, 4.69) is 25.7 Å². The second kappa shape index (κ2) is 6.41. The molecule has 0 aromatic carbocycles. The van der Waals surface area contributed by atoms with Crippen molar-refractivity contribution in [2.45, 2.75) is 52.5 Å². The summed E-state index contributed by atoms with van der Waals surface area (Å²) >= 11 is 0. The molecule has 2 heteroatoms. The second-order valence-electron chi connectivity index (χ2n) is 5.90. The van der Waals surface area contributed by atoms with Gasteiger partial charge >= 0.3 is 0 Å². The summed E-state index contributed by atoms with van der Waals surface area (Å²) in [6.07, 6.45) is 5.32. The van der Waals surface area contributed by atoms with E-state index in [0.29, 0.717) is 18.1 Å². The normalized spacial score (nSPS) is 20.9. The number of nitrogens with one attached hydrogen (secondary N) is 1. The van der Waals surface area contributed by atoms with Crippen LogP contribution in [0.2, 0.25) is 0 Å². The molecular weight excluding hydrogens is 198 g/mol. The molecule has 1 N–H and O–H groups in total. The van der Waals surface area contributed by atoms with E-state index in [1.54, 1.807) is 0 Å². The molecule has 16 heavy (non-hydrogen) atoms. The number of ether oxygens (including phenoxy) is 1. The first-order valence-electron chi connectivity index (χ1n) is 6.45. The van der Waals surface area contributed by atoms with E-state index in [1.807, 2.05) is 6.92 Å². The Hall–Kier alpha value is -0.340. The van der Waals surface area contributed by atoms with Gasteiger partial charge in [0.1, 0.15) is 0 Å². The van der Waals surface area contributed by atoms with Crippen LogP contribution in [-0.4, -0.2) is 25.8 Å². The second-order valence-corrected chi connectivity index (χ2v) is 5.90. The lowest BCUT2D eigenvalue weighted by Gasteiger charge is -2.34. The lowest BCUT2D eigenvalue weighted by molar-refractivity contribution is 0.146. The van der Waals surface area contributed by atoms with Crippen LogP contribution >= 0.6 is 0 Å². The van der Waals surface area contributed by atoms with Crippen molar-refractivity contribution in [1.82, 2.24) is 5.32 Å². The molecule has 0 aromatic heterocycles. The summed E-state index contributed by atoms with van der Waals surface area (Å²) in [4.78, 5) is 0. The van der Waals surface area contributed by atoms with Gasteiger partial charge in [-0.15, -0.1) is 0 Å². The summed E-state index contributed by atoms with van der Waals surface area (Å²) in [5, 5.41) is 3.58. The molecule has 0 bridgehead atoms. The molecule has 2 nitrogen and oxygen atoms in total. The highest BCUT2D eigenvalue weighted by Gasteiger charge is 2.26. The molecule has 0 unspecified atom stereocenters. The van der Waals surface area contributed by atoms with Gasteiger partial charge in [-0.2, -0.15) is 0 Å². The Morgan fingerprint density at radius 2 is 2.00 bits per heavy atom. The molecule has 0 aliphatic heterocycles. The van der Waals surface area contributed by atoms with Gasteiger partial charge in [0.15, 0.2) is 0 Å². The van der Waals surface area contributed by atoms with Gasteiger partial charge in [0, 0.05) is 12.6 Å². The predicted molar refractivity (Wildman–Crippen MR) is 69.7 cm³/mol. The third kappa shape index (κ3) is 5.66. The highest BCUT2D eigenvalue weighted by Crippen LogP contribution is 2.34. The summed E-state index contributed by atoms with van der Waals surface area (Å²) in [7, 11) is 0. The Morgan fingerprint density at radius 1 is 1.38 bits per heavy atom. The van der Waals surface area contributed by atoms with Crippen LogP contribution in [0.4, 0.5) is 0 Å². The van der Waals surface area contributed by atoms with Crippen LogP contribution < -0.4 is 5.32 Å². The van der Waals surface area contributed by atoms with E-state index in [4.69, 9.17) is 4.74 Å². The van der Waals surface area contributed by atoms with E-state index in [0.717, 1.165) is 18.7 Å². The van der Waals surface area contributed by atoms with Gasteiger partial charge in [-0.3, -0.25) is 0 Å². The van der Waals surface area contributed by atoms with Crippen molar-refractivity contribution in [3.8, 4) is 0 Å². The van der Waals surface area contributed by atoms with Crippen LogP contribution in [0.3, 0.4) is 0 Å². The van der Waals surface area contributed by atoms with E-state index in [9.17, 15) is 0 Å². The van der Waals surface area contributed by atoms with Crippen LogP contribution in [0.5, 0.6) is 0 Å². The van der Waals surface area contributed by atoms with E-state index in [1.165, 1.54) is 25.7 Å². The van der Waals surface area contributed by atoms with Crippen molar-refractivity contribution in [2.24, 2.45) is 5.41 Å². The van der Waals surface area contributed by atoms with Crippen molar-refractivity contribution < 1.29 is 4.74 Å². The van der Waals surface area contributed by atoms with Gasteiger partial charge in [0.05, 0.1) is 13.2 Å². The van der Waals surface area contributed by atoms with E-state index < -0.39 is 0 Å². The molecule has 0 atom stereocenters. The van der Waals surface area contributed by atoms with E-state index in [-0.39, 0.29) is 0 Å². The molecule has 0 spiro atoms. The summed E-state index contributed by atoms with van der Waals surface area (Å²) in [5.74, 6) is 0. The van der Waals surface area contributed by atoms with Gasteiger partial charge < -0.3 is 10.1 Å². The lowest BCUT2D eigenvalue weighted by Crippen LogP contribution is -2.37. The zero-order chi connectivity index (χ0) is 12.0. The number of hydrogen-bond acceptors (Lipinski definition) is 2. The zero-order valence-electron chi connectivity index (χ0n) is 11.1. The SMILES string of the molecule is C=C(C)COCCNC1CCC(C)(C)CC1. The molecule has 1 aliphatic rings. The third-order valence-electron chi connectivity index (χ3n) is 3.37. The van der Waals surface area contributed by atoms with Gasteiger partial charge in [0.2, 0.25) is 0 Å². The average Bonchev–Trinajstić information content (AvgIpc) is 2.19. The first-order valence-corrected chi connectivity index (χ1v) is 6.45. The molecule has 1 fully saturated rings. The Bertz CT molecular complexity index is 213. The summed E-state index contributed by atoms with van der Waals surface area (Å²) in [5.41, 5.74) is 1.66. The van der Waals surface area contributed by atoms with Gasteiger partial charge in [-0.05, 0) is 38.0 Å². The average molecular weight is 225 g/mol. The topological polar surface area (TPSA) is 21.3 Å². The molecular formula is C14H27NO. The molecule has 0 heterocycles. The van der Waals surface area contributed by atoms with Crippen molar-refractivity contribution in [3.05, 3.63) is 12.2 Å². The standard InChI is InChI=1S/C14H27NO/c1-12(2)11-16-10-9-15-13-5-7-14(3,4)8-6-13/h13,15H,1,5-11H2,2-4H3. The molecule has 1 rings (SSSR count). The molecule has 0 saturated heterocycles. The van der Waals surface area contributed by atoms with E-state index >= 15 is 0 Å². The summed E-state index contributed by atoms with van der Waals surface area (Å²) < 4.78 is 5.47. The highest BCUT2D eigenvalue weighted by molar-refractivity contribution is 4.87. The molecule has 0 aromatic rings. The van der Waals surface area contributed by atoms with Crippen LogP contribution in [0.1, 0.15) is 46.5 Å². The number of hydrogen-bond donors (Lipinski definition) is 1. The smallest absolute Gasteiger partial charge is 0.0672 e. The Balaban J connectivity index is 2.00. The molecule has 1 aliphatic carbocycles. The van der Waals surface area contributed by atoms with Crippen molar-refractivity contribution in [1.29, 1.82) is 0 Å². The first kappa shape index (κ1) is 13.7. The quantitative estimate of drug-likeness (QED) is 0.554. The lowest BCUT2D eigenvalue weighted by atomic mass is 9.75. The van der Waals surface area contributed by atoms with Crippen LogP contribution in [0.25, 0.3) is 0 Å². The minimum Gasteiger partial charge on any atom is -0.376 e. The maximum Gasteiger partial charge on any atom is 0.0672 e. The summed E-state index contributed by atoms with van der Waals surface area (Å²) in [6.45, 7) is 13.0. The van der Waals surface area contributed by atoms with Gasteiger partial charge in [0.25, 0.3) is 0 Å². The third-order valence-corrected chi connectivity index (χ3v) is 3.37. The van der Waals surface area contributed by atoms with Crippen LogP contribution in [0, 0.1) is 5.41 Å². The van der Waals surface area contributed by atoms with Crippen LogP contribution in [0.15, 0.2) is 12.2 Å². The largest absolute Gasteiger partial charge is 0.376 e. The van der Waals surface area contributed by atoms with Crippen LogP contribution in [-0.2, 0) is 4.74 Å². The summed E-state index contributed by atoms with van der Waals surface area (Å²) in [6, 6.07) is 0.710. The molecule has 0 radical (unpaired) electrons. The van der Waals surface area contributed by atoms with Crippen molar-refractivity contribution in [2.75, 3.05) is 19.8 Å². The minimum absolute atomic E-state index is 0.564. The fraction of sp³-hybridized carbons (Fsp3) is 0.857. The maximum absolute atomic E-state index is 5.47. The fourth-order valence-corrected chi connectivity index (χ4v) is 2.19. The number of rotatable bonds is 6. The highest BCUT2D eigenvalue weighted by atomic mass is 16.5. The van der Waals surface area contributed by atoms with Gasteiger partial charge in [-0.1, -0.05) is 26.0 Å². The Labute approximate surface area is 100 Å². The molecule has 1 saturated carbocycles. The minimum atomic E-state index is 0.564. The molecule has 94 valence electrons. The Morgan fingerprint density at radius 3 is 2.56 bits per heavy atom. The van der Waals surface area contributed by atoms with Crippen molar-refractivity contribution in [3.63, 3.8) is 0 Å². The molecule has 0 amide bonds. The Kier molecular flexibility index (Phi) is 5.50. The maximum atomic E-state index is 5.47. The first-order chi connectivity index (χ1) is 7.49. The zero-order valence-corrected chi connectivity index (χ0v) is 11.1. The van der Waals surface area contributed by atoms with Crippen molar-refractivity contribution >= 4 is 0 Å². The monoisotopic (exact) mass is 225 g/mol. The van der Waals surface area contributed by atoms with Gasteiger partial charge in [-0.25, -0.2) is 0 Å².